The van der Waals surface area contributed by atoms with E-state index in [1.807, 2.05) is 23.1 Å². The second kappa shape index (κ2) is 6.24. The number of nitrogens with zero attached hydrogens (tertiary/aromatic N) is 1. The molecule has 7 heteroatoms. The van der Waals surface area contributed by atoms with E-state index in [-0.39, 0.29) is 0 Å². The van der Waals surface area contributed by atoms with Gasteiger partial charge in [-0.3, -0.25) is 0 Å². The predicted molar refractivity (Wildman–Crippen MR) is 87.4 cm³/mol. The summed E-state index contributed by atoms with van der Waals surface area (Å²) < 4.78 is 23.9. The summed E-state index contributed by atoms with van der Waals surface area (Å²) in [5, 5.41) is 0.869. The number of alkyl halides is 1. The molecule has 1 atom stereocenters. The van der Waals surface area contributed by atoms with Crippen molar-refractivity contribution in [3.05, 3.63) is 28.8 Å². The van der Waals surface area contributed by atoms with Crippen molar-refractivity contribution < 1.29 is 8.42 Å². The Morgan fingerprint density at radius 1 is 1.53 bits per heavy atom. The van der Waals surface area contributed by atoms with E-state index in [9.17, 15) is 8.42 Å². The van der Waals surface area contributed by atoms with Gasteiger partial charge in [0.1, 0.15) is 5.37 Å². The molecule has 19 heavy (non-hydrogen) atoms. The molecule has 0 bridgehead atoms. The van der Waals surface area contributed by atoms with Crippen LogP contribution in [-0.4, -0.2) is 38.1 Å². The average molecular weight is 385 g/mol. The normalized spacial score (nSPS) is 20.6. The predicted octanol–water partition coefficient (Wildman–Crippen LogP) is 3.16. The Balaban J connectivity index is 2.43. The zero-order valence-corrected chi connectivity index (χ0v) is 14.4. The maximum absolute atomic E-state index is 11.9. The molecule has 1 aliphatic rings. The number of hydrogen-bond acceptors (Lipinski definition) is 4. The molecule has 1 heterocycles. The summed E-state index contributed by atoms with van der Waals surface area (Å²) in [6, 6.07) is 5.60. The van der Waals surface area contributed by atoms with Crippen molar-refractivity contribution >= 4 is 54.8 Å². The van der Waals surface area contributed by atoms with Crippen molar-refractivity contribution in [2.45, 2.75) is 10.7 Å². The molecule has 1 fully saturated rings. The summed E-state index contributed by atoms with van der Waals surface area (Å²) in [4.78, 5) is 1.98. The number of halogens is 2. The maximum atomic E-state index is 11.9. The van der Waals surface area contributed by atoms with Crippen molar-refractivity contribution in [3.8, 4) is 0 Å². The van der Waals surface area contributed by atoms with Crippen LogP contribution in [0.25, 0.3) is 0 Å². The molecular weight excluding hydrogens is 370 g/mol. The first-order chi connectivity index (χ1) is 8.93. The van der Waals surface area contributed by atoms with E-state index < -0.39 is 15.2 Å². The third kappa shape index (κ3) is 3.60. The lowest BCUT2D eigenvalue weighted by atomic mass is 10.2. The molecule has 0 amide bonds. The van der Waals surface area contributed by atoms with Gasteiger partial charge in [0.2, 0.25) is 0 Å². The minimum Gasteiger partial charge on any atom is -0.353 e. The van der Waals surface area contributed by atoms with Gasteiger partial charge >= 0.3 is 0 Å². The lowest BCUT2D eigenvalue weighted by Gasteiger charge is -2.37. The highest BCUT2D eigenvalue weighted by molar-refractivity contribution is 9.08. The van der Waals surface area contributed by atoms with Gasteiger partial charge in [0.05, 0.1) is 0 Å². The fraction of sp³-hybridized carbons (Fsp3) is 0.500. The van der Waals surface area contributed by atoms with Gasteiger partial charge < -0.3 is 4.90 Å². The molecule has 1 aliphatic heterocycles. The Labute approximate surface area is 131 Å². The van der Waals surface area contributed by atoms with Gasteiger partial charge in [0.15, 0.2) is 9.84 Å². The Bertz CT molecular complexity index is 565. The van der Waals surface area contributed by atoms with E-state index in [2.05, 4.69) is 15.9 Å². The van der Waals surface area contributed by atoms with E-state index in [0.717, 1.165) is 23.5 Å². The van der Waals surface area contributed by atoms with Crippen LogP contribution in [0.15, 0.2) is 18.2 Å². The first kappa shape index (κ1) is 15.5. The smallest absolute Gasteiger partial charge is 0.169 e. The lowest BCUT2D eigenvalue weighted by molar-refractivity contribution is 0.584. The minimum atomic E-state index is -3.10. The number of benzene rings is 1. The molecule has 1 unspecified atom stereocenters. The topological polar surface area (TPSA) is 37.4 Å². The summed E-state index contributed by atoms with van der Waals surface area (Å²) in [6.45, 7) is 0.740. The Hall–Kier alpha value is 0.0900. The third-order valence-corrected chi connectivity index (χ3v) is 6.56. The maximum Gasteiger partial charge on any atom is 0.169 e. The van der Waals surface area contributed by atoms with E-state index in [1.54, 1.807) is 11.8 Å². The van der Waals surface area contributed by atoms with Crippen molar-refractivity contribution in [1.29, 1.82) is 0 Å². The third-order valence-electron chi connectivity index (χ3n) is 3.07. The quantitative estimate of drug-likeness (QED) is 0.750. The van der Waals surface area contributed by atoms with E-state index in [0.29, 0.717) is 16.1 Å². The fourth-order valence-corrected chi connectivity index (χ4v) is 5.63. The average Bonchev–Trinajstić information content (AvgIpc) is 2.37. The largest absolute Gasteiger partial charge is 0.353 e. The number of anilines is 1. The second-order valence-electron chi connectivity index (χ2n) is 4.46. The zero-order valence-electron chi connectivity index (χ0n) is 10.5. The molecule has 1 aromatic rings. The first-order valence-electron chi connectivity index (χ1n) is 5.81. The van der Waals surface area contributed by atoms with Crippen LogP contribution in [0.4, 0.5) is 5.69 Å². The number of thioether (sulfide) groups is 1. The Morgan fingerprint density at radius 2 is 2.26 bits per heavy atom. The SMILES string of the molecule is CS(=O)(=O)C1CSCCN1c1ccc(Cl)cc1CBr. The second-order valence-corrected chi connectivity index (χ2v) is 8.81. The zero-order chi connectivity index (χ0) is 14.0. The number of rotatable bonds is 3. The van der Waals surface area contributed by atoms with Crippen LogP contribution in [0.1, 0.15) is 5.56 Å². The highest BCUT2D eigenvalue weighted by Gasteiger charge is 2.32. The molecule has 0 aliphatic carbocycles. The molecule has 0 N–H and O–H groups in total. The molecular formula is C12H15BrClNO2S2. The first-order valence-corrected chi connectivity index (χ1v) is 10.4. The summed E-state index contributed by atoms with van der Waals surface area (Å²) in [7, 11) is -3.10. The van der Waals surface area contributed by atoms with Crippen LogP contribution in [0.3, 0.4) is 0 Å². The van der Waals surface area contributed by atoms with Gasteiger partial charge in [-0.05, 0) is 23.8 Å². The highest BCUT2D eigenvalue weighted by atomic mass is 79.9. The summed E-state index contributed by atoms with van der Waals surface area (Å²) >= 11 is 11.1. The molecule has 1 saturated heterocycles. The van der Waals surface area contributed by atoms with Crippen LogP contribution in [0.5, 0.6) is 0 Å². The molecule has 0 saturated carbocycles. The molecule has 0 radical (unpaired) electrons. The number of hydrogen-bond donors (Lipinski definition) is 0. The standard InChI is InChI=1S/C12H15BrClNO2S2/c1-19(16,17)12-8-18-5-4-15(12)11-3-2-10(14)6-9(11)7-13/h2-3,6,12H,4-5,7-8H2,1H3. The summed E-state index contributed by atoms with van der Waals surface area (Å²) in [5.41, 5.74) is 1.98. The van der Waals surface area contributed by atoms with Gasteiger partial charge in [-0.2, -0.15) is 11.8 Å². The van der Waals surface area contributed by atoms with Crippen LogP contribution in [-0.2, 0) is 15.2 Å². The van der Waals surface area contributed by atoms with Crippen molar-refractivity contribution in [1.82, 2.24) is 0 Å². The molecule has 106 valence electrons. The van der Waals surface area contributed by atoms with Gasteiger partial charge in [0.25, 0.3) is 0 Å². The summed E-state index contributed by atoms with van der Waals surface area (Å²) in [5.74, 6) is 1.56. The van der Waals surface area contributed by atoms with Crippen molar-refractivity contribution in [2.75, 3.05) is 29.2 Å². The van der Waals surface area contributed by atoms with Gasteiger partial charge in [0, 0.05) is 40.3 Å². The van der Waals surface area contributed by atoms with Crippen LogP contribution >= 0.6 is 39.3 Å². The molecule has 1 aromatic carbocycles. The summed E-state index contributed by atoms with van der Waals surface area (Å²) in [6.07, 6.45) is 1.31. The van der Waals surface area contributed by atoms with Crippen molar-refractivity contribution in [2.24, 2.45) is 0 Å². The molecule has 0 spiro atoms. The Kier molecular flexibility index (Phi) is 5.09. The van der Waals surface area contributed by atoms with Crippen LogP contribution in [0, 0.1) is 0 Å². The van der Waals surface area contributed by atoms with Gasteiger partial charge in [-0.25, -0.2) is 8.42 Å². The molecule has 3 nitrogen and oxygen atoms in total. The molecule has 2 rings (SSSR count). The van der Waals surface area contributed by atoms with E-state index >= 15 is 0 Å². The minimum absolute atomic E-state index is 0.453. The lowest BCUT2D eigenvalue weighted by Crippen LogP contribution is -2.47. The highest BCUT2D eigenvalue weighted by Crippen LogP contribution is 2.32. The van der Waals surface area contributed by atoms with Gasteiger partial charge in [-0.1, -0.05) is 27.5 Å². The monoisotopic (exact) mass is 383 g/mol. The van der Waals surface area contributed by atoms with Crippen LogP contribution in [0.2, 0.25) is 5.02 Å². The number of sulfone groups is 1. The van der Waals surface area contributed by atoms with E-state index in [1.165, 1.54) is 6.26 Å². The van der Waals surface area contributed by atoms with Gasteiger partial charge in [-0.15, -0.1) is 0 Å². The molecule has 0 aromatic heterocycles. The Morgan fingerprint density at radius 3 is 2.89 bits per heavy atom. The van der Waals surface area contributed by atoms with Crippen LogP contribution < -0.4 is 4.90 Å². The van der Waals surface area contributed by atoms with E-state index in [4.69, 9.17) is 11.6 Å². The van der Waals surface area contributed by atoms with Crippen molar-refractivity contribution in [3.63, 3.8) is 0 Å². The fourth-order valence-electron chi connectivity index (χ4n) is 2.15.